The van der Waals surface area contributed by atoms with Gasteiger partial charge in [0.15, 0.2) is 5.69 Å². The predicted octanol–water partition coefficient (Wildman–Crippen LogP) is 4.14. The van der Waals surface area contributed by atoms with Gasteiger partial charge < -0.3 is 9.72 Å². The predicted molar refractivity (Wildman–Crippen MR) is 115 cm³/mol. The molecule has 0 spiro atoms. The topological polar surface area (TPSA) is 77.1 Å². The number of nitrogens with zero attached hydrogens (tertiary/aromatic N) is 5. The molecule has 0 saturated heterocycles. The molecule has 3 aromatic heterocycles. The van der Waals surface area contributed by atoms with Crippen molar-refractivity contribution in [3.63, 3.8) is 0 Å². The van der Waals surface area contributed by atoms with E-state index in [1.807, 2.05) is 90.4 Å². The molecule has 1 amide bonds. The summed E-state index contributed by atoms with van der Waals surface area (Å²) in [7, 11) is 0. The lowest BCUT2D eigenvalue weighted by Crippen LogP contribution is -2.13. The van der Waals surface area contributed by atoms with Crippen LogP contribution in [-0.4, -0.2) is 30.3 Å². The molecule has 0 aliphatic heterocycles. The van der Waals surface area contributed by atoms with Gasteiger partial charge in [-0.2, -0.15) is 9.90 Å². The molecule has 5 rings (SSSR count). The SMILES string of the molecule is Cc1cccn2cc(-c3cccc(NC(=O)c4cnn(-c5ccccc5)n4)c3)nc12. The van der Waals surface area contributed by atoms with E-state index in [9.17, 15) is 4.79 Å². The molecule has 0 unspecified atom stereocenters. The molecule has 0 aliphatic rings. The van der Waals surface area contributed by atoms with E-state index in [0.717, 1.165) is 28.2 Å². The van der Waals surface area contributed by atoms with Gasteiger partial charge in [0.2, 0.25) is 0 Å². The van der Waals surface area contributed by atoms with Crippen molar-refractivity contribution in [3.05, 3.63) is 96.6 Å². The molecule has 1 N–H and O–H groups in total. The van der Waals surface area contributed by atoms with Crippen LogP contribution < -0.4 is 5.32 Å². The van der Waals surface area contributed by atoms with E-state index in [-0.39, 0.29) is 11.6 Å². The van der Waals surface area contributed by atoms with Gasteiger partial charge in [-0.15, -0.1) is 5.10 Å². The van der Waals surface area contributed by atoms with Gasteiger partial charge in [-0.25, -0.2) is 4.98 Å². The van der Waals surface area contributed by atoms with Crippen LogP contribution in [0, 0.1) is 6.92 Å². The van der Waals surface area contributed by atoms with Crippen LogP contribution in [0.1, 0.15) is 16.1 Å². The minimum Gasteiger partial charge on any atom is -0.321 e. The first-order valence-electron chi connectivity index (χ1n) is 9.51. The molecular weight excluding hydrogens is 376 g/mol. The summed E-state index contributed by atoms with van der Waals surface area (Å²) in [5.74, 6) is -0.319. The van der Waals surface area contributed by atoms with E-state index < -0.39 is 0 Å². The number of anilines is 1. The van der Waals surface area contributed by atoms with Gasteiger partial charge in [0.25, 0.3) is 5.91 Å². The average molecular weight is 394 g/mol. The van der Waals surface area contributed by atoms with Crippen LogP contribution in [0.2, 0.25) is 0 Å². The zero-order valence-electron chi connectivity index (χ0n) is 16.2. The summed E-state index contributed by atoms with van der Waals surface area (Å²) in [6.07, 6.45) is 5.41. The van der Waals surface area contributed by atoms with Gasteiger partial charge in [0.05, 0.1) is 17.6 Å². The van der Waals surface area contributed by atoms with E-state index in [1.54, 1.807) is 0 Å². The quantitative estimate of drug-likeness (QED) is 0.497. The molecule has 7 nitrogen and oxygen atoms in total. The summed E-state index contributed by atoms with van der Waals surface area (Å²) >= 11 is 0. The number of pyridine rings is 1. The minimum atomic E-state index is -0.319. The second-order valence-electron chi connectivity index (χ2n) is 6.94. The first-order chi connectivity index (χ1) is 14.7. The van der Waals surface area contributed by atoms with Crippen LogP contribution in [0.25, 0.3) is 22.6 Å². The van der Waals surface area contributed by atoms with Crippen molar-refractivity contribution in [2.75, 3.05) is 5.32 Å². The largest absolute Gasteiger partial charge is 0.321 e. The summed E-state index contributed by atoms with van der Waals surface area (Å²) in [4.78, 5) is 18.8. The normalized spacial score (nSPS) is 11.0. The number of hydrogen-bond acceptors (Lipinski definition) is 4. The first kappa shape index (κ1) is 17.8. The van der Waals surface area contributed by atoms with E-state index in [0.29, 0.717) is 5.69 Å². The van der Waals surface area contributed by atoms with Gasteiger partial charge in [-0.1, -0.05) is 36.4 Å². The molecule has 0 bridgehead atoms. The summed E-state index contributed by atoms with van der Waals surface area (Å²) in [5, 5.41) is 11.3. The van der Waals surface area contributed by atoms with Gasteiger partial charge in [0, 0.05) is 23.6 Å². The highest BCUT2D eigenvalue weighted by molar-refractivity contribution is 6.02. The zero-order valence-corrected chi connectivity index (χ0v) is 16.2. The van der Waals surface area contributed by atoms with Gasteiger partial charge >= 0.3 is 0 Å². The summed E-state index contributed by atoms with van der Waals surface area (Å²) < 4.78 is 2.00. The monoisotopic (exact) mass is 394 g/mol. The third-order valence-electron chi connectivity index (χ3n) is 4.81. The molecule has 0 fully saturated rings. The fraction of sp³-hybridized carbons (Fsp3) is 0.0435. The Labute approximate surface area is 172 Å². The molecule has 0 atom stereocenters. The highest BCUT2D eigenvalue weighted by Gasteiger charge is 2.13. The number of carbonyl (C=O) groups is 1. The Kier molecular flexibility index (Phi) is 4.33. The van der Waals surface area contributed by atoms with Crippen molar-refractivity contribution >= 4 is 17.2 Å². The number of nitrogens with one attached hydrogen (secondary N) is 1. The van der Waals surface area contributed by atoms with E-state index in [1.165, 1.54) is 11.0 Å². The number of aryl methyl sites for hydroxylation is 1. The Morgan fingerprint density at radius 2 is 1.87 bits per heavy atom. The fourth-order valence-corrected chi connectivity index (χ4v) is 3.30. The van der Waals surface area contributed by atoms with E-state index in [2.05, 4.69) is 15.5 Å². The third-order valence-corrected chi connectivity index (χ3v) is 4.81. The maximum absolute atomic E-state index is 12.6. The standard InChI is InChI=1S/C23H18N6O/c1-16-7-6-12-28-15-21(26-22(16)28)17-8-5-9-18(13-17)25-23(30)20-14-24-29(27-20)19-10-3-2-4-11-19/h2-15H,1H3,(H,25,30). The van der Waals surface area contributed by atoms with Crippen molar-refractivity contribution in [1.29, 1.82) is 0 Å². The Bertz CT molecular complexity index is 1350. The molecule has 2 aromatic carbocycles. The number of aromatic nitrogens is 5. The molecule has 146 valence electrons. The lowest BCUT2D eigenvalue weighted by atomic mass is 10.1. The third kappa shape index (κ3) is 3.33. The van der Waals surface area contributed by atoms with E-state index in [4.69, 9.17) is 4.98 Å². The lowest BCUT2D eigenvalue weighted by Gasteiger charge is -2.05. The number of hydrogen-bond donors (Lipinski definition) is 1. The smallest absolute Gasteiger partial charge is 0.277 e. The molecular formula is C23H18N6O. The highest BCUT2D eigenvalue weighted by Crippen LogP contribution is 2.23. The van der Waals surface area contributed by atoms with Crippen LogP contribution >= 0.6 is 0 Å². The summed E-state index contributed by atoms with van der Waals surface area (Å²) in [6, 6.07) is 21.1. The van der Waals surface area contributed by atoms with Gasteiger partial charge in [-0.3, -0.25) is 4.79 Å². The second kappa shape index (κ2) is 7.29. The second-order valence-corrected chi connectivity index (χ2v) is 6.94. The number of imidazole rings is 1. The van der Waals surface area contributed by atoms with Crippen LogP contribution in [0.15, 0.2) is 85.3 Å². The number of para-hydroxylation sites is 1. The molecule has 0 saturated carbocycles. The van der Waals surface area contributed by atoms with Gasteiger partial charge in [-0.05, 0) is 42.8 Å². The maximum Gasteiger partial charge on any atom is 0.277 e. The summed E-state index contributed by atoms with van der Waals surface area (Å²) in [5.41, 5.74) is 5.49. The number of fused-ring (bicyclic) bond motifs is 1. The Morgan fingerprint density at radius 3 is 2.70 bits per heavy atom. The van der Waals surface area contributed by atoms with E-state index >= 15 is 0 Å². The van der Waals surface area contributed by atoms with Crippen molar-refractivity contribution in [2.45, 2.75) is 6.92 Å². The number of carbonyl (C=O) groups excluding carboxylic acids is 1. The van der Waals surface area contributed by atoms with Crippen molar-refractivity contribution in [1.82, 2.24) is 24.4 Å². The van der Waals surface area contributed by atoms with Crippen molar-refractivity contribution in [3.8, 4) is 16.9 Å². The van der Waals surface area contributed by atoms with Crippen molar-refractivity contribution in [2.24, 2.45) is 0 Å². The molecule has 3 heterocycles. The Balaban J connectivity index is 1.39. The number of amides is 1. The van der Waals surface area contributed by atoms with Crippen LogP contribution in [0.3, 0.4) is 0 Å². The molecule has 5 aromatic rings. The number of benzene rings is 2. The summed E-state index contributed by atoms with van der Waals surface area (Å²) in [6.45, 7) is 2.03. The Morgan fingerprint density at radius 1 is 1.00 bits per heavy atom. The minimum absolute atomic E-state index is 0.243. The van der Waals surface area contributed by atoms with Crippen molar-refractivity contribution < 1.29 is 4.79 Å². The molecule has 30 heavy (non-hydrogen) atoms. The average Bonchev–Trinajstić information content (AvgIpc) is 3.43. The zero-order chi connectivity index (χ0) is 20.5. The lowest BCUT2D eigenvalue weighted by molar-refractivity contribution is 0.102. The molecule has 0 aliphatic carbocycles. The van der Waals surface area contributed by atoms with Gasteiger partial charge in [0.1, 0.15) is 5.65 Å². The first-order valence-corrected chi connectivity index (χ1v) is 9.51. The number of rotatable bonds is 4. The van der Waals surface area contributed by atoms with Crippen LogP contribution in [0.4, 0.5) is 5.69 Å². The highest BCUT2D eigenvalue weighted by atomic mass is 16.2. The Hall–Kier alpha value is -4.26. The molecule has 0 radical (unpaired) electrons. The molecule has 7 heteroatoms. The maximum atomic E-state index is 12.6. The van der Waals surface area contributed by atoms with Crippen LogP contribution in [-0.2, 0) is 0 Å². The fourth-order valence-electron chi connectivity index (χ4n) is 3.30. The van der Waals surface area contributed by atoms with Crippen LogP contribution in [0.5, 0.6) is 0 Å².